The number of piperidine rings is 1. The number of aryl methyl sites for hydroxylation is 2. The van der Waals surface area contributed by atoms with Crippen LogP contribution in [-0.2, 0) is 17.6 Å². The van der Waals surface area contributed by atoms with Crippen LogP contribution < -0.4 is 0 Å². The van der Waals surface area contributed by atoms with E-state index in [9.17, 15) is 9.18 Å². The van der Waals surface area contributed by atoms with Crippen LogP contribution >= 0.6 is 0 Å². The second-order valence-corrected chi connectivity index (χ2v) is 8.68. The molecule has 2 N–H and O–H groups in total. The molecule has 0 spiro atoms. The molecule has 2 aromatic heterocycles. The van der Waals surface area contributed by atoms with Gasteiger partial charge >= 0.3 is 0 Å². The summed E-state index contributed by atoms with van der Waals surface area (Å²) in [5.41, 5.74) is 4.01. The van der Waals surface area contributed by atoms with E-state index in [2.05, 4.69) is 33.2 Å². The number of benzene rings is 2. The number of hydrogen-bond donors (Lipinski definition) is 2. The van der Waals surface area contributed by atoms with E-state index in [1.165, 1.54) is 12.1 Å². The van der Waals surface area contributed by atoms with Gasteiger partial charge in [0.1, 0.15) is 11.6 Å². The molecule has 170 valence electrons. The fourth-order valence-electron chi connectivity index (χ4n) is 4.75. The lowest BCUT2D eigenvalue weighted by Gasteiger charge is -2.31. The Morgan fingerprint density at radius 2 is 1.88 bits per heavy atom. The number of H-pyrrole nitrogens is 2. The maximum absolute atomic E-state index is 13.5. The van der Waals surface area contributed by atoms with Gasteiger partial charge in [-0.25, -0.2) is 9.37 Å². The maximum atomic E-state index is 13.5. The molecule has 1 fully saturated rings. The molecule has 0 unspecified atom stereocenters. The molecule has 1 saturated heterocycles. The van der Waals surface area contributed by atoms with Crippen molar-refractivity contribution in [1.29, 1.82) is 0 Å². The van der Waals surface area contributed by atoms with Gasteiger partial charge in [-0.1, -0.05) is 25.1 Å². The molecule has 2 aromatic carbocycles. The van der Waals surface area contributed by atoms with Crippen molar-refractivity contribution in [3.05, 3.63) is 71.6 Å². The minimum atomic E-state index is -0.258. The van der Waals surface area contributed by atoms with Crippen molar-refractivity contribution in [3.63, 3.8) is 0 Å². The van der Waals surface area contributed by atoms with Crippen molar-refractivity contribution < 1.29 is 9.18 Å². The Labute approximate surface area is 192 Å². The lowest BCUT2D eigenvalue weighted by atomic mass is 9.95. The number of nitrogens with zero attached hydrogens (tertiary/aromatic N) is 3. The predicted octanol–water partition coefficient (Wildman–Crippen LogP) is 4.99. The highest BCUT2D eigenvalue weighted by molar-refractivity contribution is 5.91. The summed E-state index contributed by atoms with van der Waals surface area (Å²) >= 11 is 0. The van der Waals surface area contributed by atoms with E-state index in [0.717, 1.165) is 71.7 Å². The Kier molecular flexibility index (Phi) is 5.94. The summed E-state index contributed by atoms with van der Waals surface area (Å²) in [4.78, 5) is 23.1. The van der Waals surface area contributed by atoms with Crippen LogP contribution in [0.15, 0.2) is 48.5 Å². The minimum absolute atomic E-state index is 0.174. The number of hydrogen-bond acceptors (Lipinski definition) is 3. The SMILES string of the molecule is CCc1nc(C2CCN(C(=O)CCc3c(-c4ccc(F)cc4)[nH]c4ccccc34)CC2)n[nH]1. The molecule has 1 aliphatic heterocycles. The van der Waals surface area contributed by atoms with Gasteiger partial charge < -0.3 is 9.88 Å². The number of amides is 1. The van der Waals surface area contributed by atoms with Gasteiger partial charge in [0.2, 0.25) is 5.91 Å². The van der Waals surface area contributed by atoms with Crippen molar-refractivity contribution in [2.75, 3.05) is 13.1 Å². The number of aromatic amines is 2. The molecule has 1 amide bonds. The zero-order valence-corrected chi connectivity index (χ0v) is 18.8. The smallest absolute Gasteiger partial charge is 0.222 e. The van der Waals surface area contributed by atoms with Gasteiger partial charge in [-0.3, -0.25) is 9.89 Å². The minimum Gasteiger partial charge on any atom is -0.354 e. The summed E-state index contributed by atoms with van der Waals surface area (Å²) < 4.78 is 13.5. The van der Waals surface area contributed by atoms with E-state index in [-0.39, 0.29) is 11.7 Å². The van der Waals surface area contributed by atoms with Crippen LogP contribution in [0, 0.1) is 5.82 Å². The number of para-hydroxylation sites is 1. The Bertz CT molecular complexity index is 1250. The van der Waals surface area contributed by atoms with Gasteiger partial charge in [0.25, 0.3) is 0 Å². The Morgan fingerprint density at radius 1 is 1.12 bits per heavy atom. The van der Waals surface area contributed by atoms with Crippen molar-refractivity contribution in [1.82, 2.24) is 25.1 Å². The molecular weight excluding hydrogens is 417 g/mol. The first-order valence-electron chi connectivity index (χ1n) is 11.7. The zero-order chi connectivity index (χ0) is 22.8. The topological polar surface area (TPSA) is 77.7 Å². The summed E-state index contributed by atoms with van der Waals surface area (Å²) in [6, 6.07) is 14.6. The third-order valence-corrected chi connectivity index (χ3v) is 6.63. The quantitative estimate of drug-likeness (QED) is 0.439. The number of carbonyl (C=O) groups excluding carboxylic acids is 1. The van der Waals surface area contributed by atoms with Gasteiger partial charge in [-0.05, 0) is 60.7 Å². The summed E-state index contributed by atoms with van der Waals surface area (Å²) in [6.07, 6.45) is 3.71. The molecule has 4 aromatic rings. The number of aromatic nitrogens is 4. The largest absolute Gasteiger partial charge is 0.354 e. The van der Waals surface area contributed by atoms with Crippen LogP contribution in [0.5, 0.6) is 0 Å². The Hall–Kier alpha value is -3.48. The number of rotatable bonds is 6. The molecular formula is C26H28FN5O. The van der Waals surface area contributed by atoms with E-state index in [1.807, 2.05) is 23.1 Å². The number of carbonyl (C=O) groups is 1. The average molecular weight is 446 g/mol. The monoisotopic (exact) mass is 445 g/mol. The van der Waals surface area contributed by atoms with Crippen LogP contribution in [0.3, 0.4) is 0 Å². The molecule has 33 heavy (non-hydrogen) atoms. The molecule has 0 atom stereocenters. The third kappa shape index (κ3) is 4.40. The average Bonchev–Trinajstić information content (AvgIpc) is 3.48. The number of likely N-dealkylation sites (tertiary alicyclic amines) is 1. The van der Waals surface area contributed by atoms with Gasteiger partial charge in [-0.15, -0.1) is 0 Å². The van der Waals surface area contributed by atoms with Gasteiger partial charge in [0.15, 0.2) is 5.82 Å². The van der Waals surface area contributed by atoms with Gasteiger partial charge in [0, 0.05) is 48.4 Å². The molecule has 1 aliphatic rings. The highest BCUT2D eigenvalue weighted by Gasteiger charge is 2.26. The highest BCUT2D eigenvalue weighted by Crippen LogP contribution is 2.32. The number of nitrogens with one attached hydrogen (secondary N) is 2. The molecule has 5 rings (SSSR count). The van der Waals surface area contributed by atoms with Crippen LogP contribution in [0.1, 0.15) is 49.3 Å². The first kappa shape index (κ1) is 21.4. The third-order valence-electron chi connectivity index (χ3n) is 6.63. The molecule has 6 nitrogen and oxygen atoms in total. The lowest BCUT2D eigenvalue weighted by Crippen LogP contribution is -2.38. The van der Waals surface area contributed by atoms with Crippen LogP contribution in [0.25, 0.3) is 22.2 Å². The number of fused-ring (bicyclic) bond motifs is 1. The molecule has 0 saturated carbocycles. The number of halogens is 1. The molecule has 0 aliphatic carbocycles. The van der Waals surface area contributed by atoms with Crippen molar-refractivity contribution in [2.24, 2.45) is 0 Å². The summed E-state index contributed by atoms with van der Waals surface area (Å²) in [5.74, 6) is 2.02. The fourth-order valence-corrected chi connectivity index (χ4v) is 4.75. The highest BCUT2D eigenvalue weighted by atomic mass is 19.1. The maximum Gasteiger partial charge on any atom is 0.222 e. The van der Waals surface area contributed by atoms with Crippen molar-refractivity contribution in [3.8, 4) is 11.3 Å². The standard InChI is InChI=1S/C26H28FN5O/c1-2-23-29-26(31-30-23)18-13-15-32(16-14-18)24(33)12-11-21-20-5-3-4-6-22(20)28-25(21)17-7-9-19(27)10-8-17/h3-10,18,28H,2,11-16H2,1H3,(H,29,30,31). The van der Waals surface area contributed by atoms with E-state index in [1.54, 1.807) is 12.1 Å². The van der Waals surface area contributed by atoms with Crippen molar-refractivity contribution in [2.45, 2.75) is 44.9 Å². The second kappa shape index (κ2) is 9.17. The molecule has 0 bridgehead atoms. The van der Waals surface area contributed by atoms with Crippen molar-refractivity contribution >= 4 is 16.8 Å². The molecule has 3 heterocycles. The normalized spacial score (nSPS) is 14.8. The van der Waals surface area contributed by atoms with Gasteiger partial charge in [-0.2, -0.15) is 5.10 Å². The zero-order valence-electron chi connectivity index (χ0n) is 18.8. The fraction of sp³-hybridized carbons (Fsp3) is 0.346. The predicted molar refractivity (Wildman–Crippen MR) is 126 cm³/mol. The van der Waals surface area contributed by atoms with Crippen LogP contribution in [0.4, 0.5) is 4.39 Å². The second-order valence-electron chi connectivity index (χ2n) is 8.68. The van der Waals surface area contributed by atoms with E-state index >= 15 is 0 Å². The first-order chi connectivity index (χ1) is 16.1. The van der Waals surface area contributed by atoms with E-state index in [0.29, 0.717) is 18.8 Å². The lowest BCUT2D eigenvalue weighted by molar-refractivity contribution is -0.132. The summed E-state index contributed by atoms with van der Waals surface area (Å²) in [5, 5.41) is 8.46. The van der Waals surface area contributed by atoms with E-state index in [4.69, 9.17) is 0 Å². The molecule has 7 heteroatoms. The van der Waals surface area contributed by atoms with Crippen LogP contribution in [0.2, 0.25) is 0 Å². The first-order valence-corrected chi connectivity index (χ1v) is 11.7. The van der Waals surface area contributed by atoms with E-state index < -0.39 is 0 Å². The molecule has 0 radical (unpaired) electrons. The summed E-state index contributed by atoms with van der Waals surface area (Å²) in [7, 11) is 0. The Balaban J connectivity index is 1.27. The Morgan fingerprint density at radius 3 is 2.61 bits per heavy atom. The summed E-state index contributed by atoms with van der Waals surface area (Å²) in [6.45, 7) is 3.52. The van der Waals surface area contributed by atoms with Gasteiger partial charge in [0.05, 0.1) is 0 Å². The van der Waals surface area contributed by atoms with Crippen LogP contribution in [-0.4, -0.2) is 44.1 Å².